The van der Waals surface area contributed by atoms with Crippen molar-refractivity contribution in [3.05, 3.63) is 0 Å². The predicted molar refractivity (Wildman–Crippen MR) is 90.2 cm³/mol. The van der Waals surface area contributed by atoms with Gasteiger partial charge in [-0.25, -0.2) is 0 Å². The molecule has 124 valence electrons. The van der Waals surface area contributed by atoms with Gasteiger partial charge in [-0.1, -0.05) is 40.5 Å². The molecule has 1 saturated heterocycles. The lowest BCUT2D eigenvalue weighted by Gasteiger charge is -2.32. The van der Waals surface area contributed by atoms with Crippen LogP contribution in [0.1, 0.15) is 41.5 Å². The lowest BCUT2D eigenvalue weighted by Crippen LogP contribution is -2.46. The van der Waals surface area contributed by atoms with E-state index in [2.05, 4.69) is 37.5 Å². The number of carbonyl (C=O) groups is 1. The Labute approximate surface area is 131 Å². The third-order valence-corrected chi connectivity index (χ3v) is 2.37. The molecule has 0 radical (unpaired) electrons. The van der Waals surface area contributed by atoms with E-state index in [1.54, 1.807) is 11.9 Å². The van der Waals surface area contributed by atoms with Crippen LogP contribution in [-0.2, 0) is 9.53 Å². The van der Waals surface area contributed by atoms with Crippen molar-refractivity contribution >= 4 is 6.41 Å². The Balaban J connectivity index is 0. The van der Waals surface area contributed by atoms with Crippen molar-refractivity contribution in [1.29, 1.82) is 0 Å². The quantitative estimate of drug-likeness (QED) is 0.590. The summed E-state index contributed by atoms with van der Waals surface area (Å²) in [6.07, 6.45) is 0.946. The maximum Gasteiger partial charge on any atom is 0.209 e. The van der Waals surface area contributed by atoms with Crippen LogP contribution in [0.2, 0.25) is 0 Å². The minimum Gasteiger partial charge on any atom is -0.374 e. The van der Waals surface area contributed by atoms with E-state index in [9.17, 15) is 4.79 Å². The Kier molecular flexibility index (Phi) is 16.2. The van der Waals surface area contributed by atoms with Crippen LogP contribution in [0.3, 0.4) is 0 Å². The third kappa shape index (κ3) is 15.2. The highest BCUT2D eigenvalue weighted by Crippen LogP contribution is 2.05. The number of rotatable bonds is 4. The van der Waals surface area contributed by atoms with Gasteiger partial charge in [0.05, 0.1) is 19.3 Å². The minimum atomic E-state index is 0.118. The zero-order chi connectivity index (χ0) is 16.7. The first-order valence-corrected chi connectivity index (χ1v) is 7.88. The highest BCUT2D eigenvalue weighted by atomic mass is 16.5. The first-order valence-electron chi connectivity index (χ1n) is 7.88. The van der Waals surface area contributed by atoms with Gasteiger partial charge in [0.1, 0.15) is 0 Å². The van der Waals surface area contributed by atoms with Crippen LogP contribution < -0.4 is 0 Å². The van der Waals surface area contributed by atoms with E-state index < -0.39 is 0 Å². The summed E-state index contributed by atoms with van der Waals surface area (Å²) in [6, 6.07) is 0. The maximum absolute atomic E-state index is 10.5. The number of hydrogen-bond donors (Lipinski definition) is 0. The van der Waals surface area contributed by atoms with Gasteiger partial charge >= 0.3 is 0 Å². The van der Waals surface area contributed by atoms with E-state index in [1.165, 1.54) is 0 Å². The van der Waals surface area contributed by atoms with Crippen LogP contribution in [0.15, 0.2) is 0 Å². The van der Waals surface area contributed by atoms with Crippen molar-refractivity contribution in [2.24, 2.45) is 5.92 Å². The van der Waals surface area contributed by atoms with Gasteiger partial charge in [-0.3, -0.25) is 9.69 Å². The third-order valence-electron chi connectivity index (χ3n) is 2.37. The molecule has 1 aliphatic heterocycles. The minimum absolute atomic E-state index is 0.118. The molecule has 0 N–H and O–H groups in total. The van der Waals surface area contributed by atoms with E-state index in [0.717, 1.165) is 38.6 Å². The fourth-order valence-corrected chi connectivity index (χ4v) is 1.59. The molecule has 0 aliphatic carbocycles. The molecule has 0 bridgehead atoms. The van der Waals surface area contributed by atoms with Crippen LogP contribution in [0.4, 0.5) is 0 Å². The van der Waals surface area contributed by atoms with E-state index in [1.807, 2.05) is 20.8 Å². The number of morpholine rings is 1. The maximum atomic E-state index is 10.5. The van der Waals surface area contributed by atoms with Crippen molar-refractivity contribution in [2.45, 2.75) is 47.6 Å². The normalized spacial score (nSPS) is 17.4. The number of amides is 1. The predicted octanol–water partition coefficient (Wildman–Crippen LogP) is 2.49. The molecule has 0 saturated carbocycles. The Morgan fingerprint density at radius 2 is 1.95 bits per heavy atom. The van der Waals surface area contributed by atoms with E-state index in [-0.39, 0.29) is 6.10 Å². The number of likely N-dealkylation sites (N-methyl/N-ethyl adjacent to an activating group) is 1. The molecule has 0 aromatic heterocycles. The zero-order valence-corrected chi connectivity index (χ0v) is 15.0. The smallest absolute Gasteiger partial charge is 0.209 e. The van der Waals surface area contributed by atoms with Gasteiger partial charge in [0.25, 0.3) is 0 Å². The molecule has 1 atom stereocenters. The Morgan fingerprint density at radius 3 is 2.43 bits per heavy atom. The molecule has 1 aliphatic rings. The molecular formula is C17H34N2O2. The molecule has 1 heterocycles. The molecular weight excluding hydrogens is 264 g/mol. The fraction of sp³-hybridized carbons (Fsp3) is 0.824. The molecule has 0 aromatic carbocycles. The molecule has 0 aromatic rings. The van der Waals surface area contributed by atoms with Crippen molar-refractivity contribution in [1.82, 2.24) is 9.80 Å². The number of hydrogen-bond acceptors (Lipinski definition) is 3. The molecule has 1 rings (SSSR count). The molecule has 1 fully saturated rings. The average molecular weight is 298 g/mol. The lowest BCUT2D eigenvalue weighted by atomic mass is 10.2. The summed E-state index contributed by atoms with van der Waals surface area (Å²) in [6.45, 7) is 16.3. The molecule has 0 spiro atoms. The van der Waals surface area contributed by atoms with Gasteiger partial charge in [0, 0.05) is 26.7 Å². The van der Waals surface area contributed by atoms with Crippen molar-refractivity contribution in [3.63, 3.8) is 0 Å². The van der Waals surface area contributed by atoms with Crippen molar-refractivity contribution in [3.8, 4) is 11.8 Å². The second-order valence-electron chi connectivity index (χ2n) is 5.43. The summed E-state index contributed by atoms with van der Waals surface area (Å²) >= 11 is 0. The number of carbonyl (C=O) groups excluding carboxylic acids is 1. The van der Waals surface area contributed by atoms with Crippen molar-refractivity contribution in [2.75, 3.05) is 39.8 Å². The van der Waals surface area contributed by atoms with Gasteiger partial charge in [0.15, 0.2) is 0 Å². The van der Waals surface area contributed by atoms with Gasteiger partial charge in [-0.15, -0.1) is 5.92 Å². The van der Waals surface area contributed by atoms with Crippen LogP contribution in [0, 0.1) is 17.8 Å². The second-order valence-corrected chi connectivity index (χ2v) is 5.43. The highest BCUT2D eigenvalue weighted by Gasteiger charge is 2.20. The summed E-state index contributed by atoms with van der Waals surface area (Å²) in [5, 5.41) is 0. The second kappa shape index (κ2) is 15.3. The van der Waals surface area contributed by atoms with Crippen LogP contribution >= 0.6 is 0 Å². The SMILES string of the molecule is CC.CC#CCN1CCOC(CN(C)C=O)C1.CC(C)C. The summed E-state index contributed by atoms with van der Waals surface area (Å²) in [5.74, 6) is 6.76. The summed E-state index contributed by atoms with van der Waals surface area (Å²) < 4.78 is 5.57. The molecule has 4 nitrogen and oxygen atoms in total. The Morgan fingerprint density at radius 1 is 1.38 bits per heavy atom. The van der Waals surface area contributed by atoms with Gasteiger partial charge in [-0.2, -0.15) is 0 Å². The largest absolute Gasteiger partial charge is 0.374 e. The van der Waals surface area contributed by atoms with Gasteiger partial charge < -0.3 is 9.64 Å². The molecule has 1 amide bonds. The first kappa shape index (κ1) is 22.2. The van der Waals surface area contributed by atoms with Crippen LogP contribution in [0.5, 0.6) is 0 Å². The monoisotopic (exact) mass is 298 g/mol. The standard InChI is InChI=1S/C11H18N2O2.C4H10.C2H6/c1-3-4-5-13-6-7-15-11(9-13)8-12(2)10-14;1-4(2)3;1-2/h10-11H,5-9H2,1-2H3;4H,1-3H3;1-2H3. The van der Waals surface area contributed by atoms with E-state index in [0.29, 0.717) is 6.54 Å². The highest BCUT2D eigenvalue weighted by molar-refractivity contribution is 5.46. The summed E-state index contributed by atoms with van der Waals surface area (Å²) in [4.78, 5) is 14.3. The average Bonchev–Trinajstić information content (AvgIpc) is 2.47. The first-order chi connectivity index (χ1) is 9.99. The fourth-order valence-electron chi connectivity index (χ4n) is 1.59. The molecule has 1 unspecified atom stereocenters. The van der Waals surface area contributed by atoms with Crippen molar-refractivity contribution < 1.29 is 9.53 Å². The number of nitrogens with zero attached hydrogens (tertiary/aromatic N) is 2. The molecule has 4 heteroatoms. The lowest BCUT2D eigenvalue weighted by molar-refractivity contribution is -0.120. The van der Waals surface area contributed by atoms with E-state index >= 15 is 0 Å². The molecule has 21 heavy (non-hydrogen) atoms. The Bertz CT molecular complexity index is 292. The van der Waals surface area contributed by atoms with Gasteiger partial charge in [0.2, 0.25) is 6.41 Å². The van der Waals surface area contributed by atoms with Crippen LogP contribution in [-0.4, -0.2) is 62.1 Å². The van der Waals surface area contributed by atoms with E-state index in [4.69, 9.17) is 4.74 Å². The number of ether oxygens (including phenoxy) is 1. The summed E-state index contributed by atoms with van der Waals surface area (Å²) in [7, 11) is 1.77. The zero-order valence-electron chi connectivity index (χ0n) is 15.0. The van der Waals surface area contributed by atoms with Gasteiger partial charge in [-0.05, 0) is 12.8 Å². The summed E-state index contributed by atoms with van der Waals surface area (Å²) in [5.41, 5.74) is 0. The Hall–Kier alpha value is -1.05. The topological polar surface area (TPSA) is 32.8 Å². The van der Waals surface area contributed by atoms with Crippen LogP contribution in [0.25, 0.3) is 0 Å².